The molecule has 1 N–H and O–H groups in total. The predicted molar refractivity (Wildman–Crippen MR) is 41.1 cm³/mol. The second-order valence-electron chi connectivity index (χ2n) is 1.89. The van der Waals surface area contributed by atoms with Crippen molar-refractivity contribution in [2.75, 3.05) is 6.26 Å². The Morgan fingerprint density at radius 3 is 2.44 bits per heavy atom. The highest BCUT2D eigenvalue weighted by atomic mass is 32.2. The minimum atomic E-state index is -0.0394. The summed E-state index contributed by atoms with van der Waals surface area (Å²) in [7, 11) is 0. The molecule has 0 bridgehead atoms. The molecule has 1 amide bonds. The summed E-state index contributed by atoms with van der Waals surface area (Å²) in [5.41, 5.74) is 1.02. The molecule has 0 aromatic rings. The summed E-state index contributed by atoms with van der Waals surface area (Å²) in [4.78, 5) is 10.6. The van der Waals surface area contributed by atoms with Crippen LogP contribution >= 0.6 is 11.9 Å². The van der Waals surface area contributed by atoms with Gasteiger partial charge in [-0.1, -0.05) is 17.5 Å². The third-order valence-electron chi connectivity index (χ3n) is 0.622. The fourth-order valence-electron chi connectivity index (χ4n) is 0.392. The van der Waals surface area contributed by atoms with Crippen LogP contribution in [0.1, 0.15) is 13.8 Å². The molecule has 0 unspecified atom stereocenters. The normalized spacial score (nSPS) is 8.33. The van der Waals surface area contributed by atoms with Gasteiger partial charge in [0.25, 0.3) is 5.91 Å². The van der Waals surface area contributed by atoms with Crippen molar-refractivity contribution in [3.05, 3.63) is 11.6 Å². The van der Waals surface area contributed by atoms with E-state index in [1.165, 1.54) is 11.9 Å². The molecule has 0 atom stereocenters. The molecular formula is C6H11NOS. The van der Waals surface area contributed by atoms with E-state index in [1.54, 1.807) is 6.08 Å². The quantitative estimate of drug-likeness (QED) is 0.469. The molecule has 0 rings (SSSR count). The van der Waals surface area contributed by atoms with Crippen molar-refractivity contribution in [1.82, 2.24) is 4.72 Å². The Balaban J connectivity index is 3.63. The molecule has 52 valence electrons. The Kier molecular flexibility index (Phi) is 4.22. The van der Waals surface area contributed by atoms with Crippen LogP contribution in [0, 0.1) is 0 Å². The molecule has 3 heteroatoms. The molecule has 0 saturated carbocycles. The van der Waals surface area contributed by atoms with Gasteiger partial charge in [0, 0.05) is 12.3 Å². The largest absolute Gasteiger partial charge is 0.297 e. The lowest BCUT2D eigenvalue weighted by molar-refractivity contribution is -0.114. The molecule has 0 radical (unpaired) electrons. The highest BCUT2D eigenvalue weighted by Gasteiger charge is 1.90. The number of carbonyl (C=O) groups excluding carboxylic acids is 1. The average molecular weight is 145 g/mol. The van der Waals surface area contributed by atoms with Crippen LogP contribution in [0.4, 0.5) is 0 Å². The van der Waals surface area contributed by atoms with E-state index in [0.29, 0.717) is 0 Å². The predicted octanol–water partition coefficient (Wildman–Crippen LogP) is 1.35. The molecule has 0 fully saturated rings. The molecule has 0 aliphatic carbocycles. The maximum absolute atomic E-state index is 10.6. The van der Waals surface area contributed by atoms with Crippen LogP contribution < -0.4 is 4.72 Å². The summed E-state index contributed by atoms with van der Waals surface area (Å²) in [6.45, 7) is 3.78. The fraction of sp³-hybridized carbons (Fsp3) is 0.500. The molecule has 0 aliphatic heterocycles. The molecule has 0 spiro atoms. The van der Waals surface area contributed by atoms with Gasteiger partial charge in [-0.2, -0.15) is 0 Å². The number of hydrogen-bond donors (Lipinski definition) is 1. The monoisotopic (exact) mass is 145 g/mol. The molecule has 2 nitrogen and oxygen atoms in total. The van der Waals surface area contributed by atoms with Gasteiger partial charge in [0.15, 0.2) is 0 Å². The first-order valence-corrected chi connectivity index (χ1v) is 3.87. The highest BCUT2D eigenvalue weighted by molar-refractivity contribution is 7.97. The Morgan fingerprint density at radius 2 is 2.11 bits per heavy atom. The molecule has 0 aromatic heterocycles. The van der Waals surface area contributed by atoms with Crippen LogP contribution in [0.5, 0.6) is 0 Å². The van der Waals surface area contributed by atoms with Crippen LogP contribution in [0.15, 0.2) is 11.6 Å². The van der Waals surface area contributed by atoms with Crippen LogP contribution in [0.2, 0.25) is 0 Å². The number of nitrogens with one attached hydrogen (secondary N) is 1. The Labute approximate surface area is 59.8 Å². The first-order valence-electron chi connectivity index (χ1n) is 2.64. The third kappa shape index (κ3) is 5.43. The molecule has 0 heterocycles. The van der Waals surface area contributed by atoms with Crippen molar-refractivity contribution >= 4 is 17.9 Å². The number of allylic oxidation sites excluding steroid dienone is 1. The lowest BCUT2D eigenvalue weighted by atomic mass is 10.3. The van der Waals surface area contributed by atoms with E-state index in [1.807, 2.05) is 20.1 Å². The smallest absolute Gasteiger partial charge is 0.253 e. The van der Waals surface area contributed by atoms with Gasteiger partial charge in [-0.15, -0.1) is 0 Å². The summed E-state index contributed by atoms with van der Waals surface area (Å²) in [6.07, 6.45) is 3.38. The zero-order valence-electron chi connectivity index (χ0n) is 5.89. The first kappa shape index (κ1) is 8.56. The summed E-state index contributed by atoms with van der Waals surface area (Å²) < 4.78 is 2.58. The zero-order chi connectivity index (χ0) is 7.28. The molecule has 0 saturated heterocycles. The Hall–Kier alpha value is -0.440. The highest BCUT2D eigenvalue weighted by Crippen LogP contribution is 1.89. The van der Waals surface area contributed by atoms with Crippen molar-refractivity contribution in [2.45, 2.75) is 13.8 Å². The van der Waals surface area contributed by atoms with Gasteiger partial charge in [0.1, 0.15) is 0 Å². The van der Waals surface area contributed by atoms with Crippen LogP contribution in [-0.4, -0.2) is 12.2 Å². The lowest BCUT2D eigenvalue weighted by Gasteiger charge is -1.93. The van der Waals surface area contributed by atoms with E-state index in [9.17, 15) is 4.79 Å². The van der Waals surface area contributed by atoms with Gasteiger partial charge in [-0.05, 0) is 13.8 Å². The number of hydrogen-bond acceptors (Lipinski definition) is 2. The Morgan fingerprint density at radius 1 is 1.56 bits per heavy atom. The summed E-state index contributed by atoms with van der Waals surface area (Å²) in [5, 5.41) is 0. The van der Waals surface area contributed by atoms with E-state index in [0.717, 1.165) is 5.57 Å². The van der Waals surface area contributed by atoms with Gasteiger partial charge in [0.2, 0.25) is 0 Å². The van der Waals surface area contributed by atoms with Crippen molar-refractivity contribution in [1.29, 1.82) is 0 Å². The van der Waals surface area contributed by atoms with Crippen molar-refractivity contribution in [3.8, 4) is 0 Å². The first-order chi connectivity index (χ1) is 4.16. The molecule has 9 heavy (non-hydrogen) atoms. The summed E-state index contributed by atoms with van der Waals surface area (Å²) >= 11 is 1.31. The van der Waals surface area contributed by atoms with Crippen LogP contribution in [-0.2, 0) is 4.79 Å². The van der Waals surface area contributed by atoms with Crippen LogP contribution in [0.25, 0.3) is 0 Å². The van der Waals surface area contributed by atoms with Gasteiger partial charge < -0.3 is 0 Å². The van der Waals surface area contributed by atoms with E-state index < -0.39 is 0 Å². The third-order valence-corrected chi connectivity index (χ3v) is 1.03. The number of rotatable bonds is 2. The SMILES string of the molecule is CSNC(=O)C=C(C)C. The van der Waals surface area contributed by atoms with Gasteiger partial charge in [-0.3, -0.25) is 9.52 Å². The zero-order valence-corrected chi connectivity index (χ0v) is 6.71. The van der Waals surface area contributed by atoms with Gasteiger partial charge in [0.05, 0.1) is 0 Å². The molecule has 0 aliphatic rings. The van der Waals surface area contributed by atoms with Crippen LogP contribution in [0.3, 0.4) is 0 Å². The van der Waals surface area contributed by atoms with E-state index in [2.05, 4.69) is 4.72 Å². The number of carbonyl (C=O) groups is 1. The Bertz CT molecular complexity index is 127. The van der Waals surface area contributed by atoms with Crippen molar-refractivity contribution < 1.29 is 4.79 Å². The average Bonchev–Trinajstić information content (AvgIpc) is 1.63. The maximum Gasteiger partial charge on any atom is 0.253 e. The van der Waals surface area contributed by atoms with Gasteiger partial charge >= 0.3 is 0 Å². The molecule has 0 aromatic carbocycles. The van der Waals surface area contributed by atoms with Gasteiger partial charge in [-0.25, -0.2) is 0 Å². The second kappa shape index (κ2) is 4.44. The summed E-state index contributed by atoms with van der Waals surface area (Å²) in [5.74, 6) is -0.0394. The summed E-state index contributed by atoms with van der Waals surface area (Å²) in [6, 6.07) is 0. The minimum Gasteiger partial charge on any atom is -0.297 e. The second-order valence-corrected chi connectivity index (χ2v) is 2.50. The molecular weight excluding hydrogens is 134 g/mol. The minimum absolute atomic E-state index is 0.0394. The standard InChI is InChI=1S/C6H11NOS/c1-5(2)4-6(8)7-9-3/h4H,1-3H3,(H,7,8). The van der Waals surface area contributed by atoms with Crippen molar-refractivity contribution in [3.63, 3.8) is 0 Å². The van der Waals surface area contributed by atoms with E-state index in [4.69, 9.17) is 0 Å². The van der Waals surface area contributed by atoms with Crippen molar-refractivity contribution in [2.24, 2.45) is 0 Å². The number of amides is 1. The van der Waals surface area contributed by atoms with E-state index in [-0.39, 0.29) is 5.91 Å². The topological polar surface area (TPSA) is 29.1 Å². The lowest BCUT2D eigenvalue weighted by Crippen LogP contribution is -2.11. The maximum atomic E-state index is 10.6. The van der Waals surface area contributed by atoms with E-state index >= 15 is 0 Å². The fourth-order valence-corrected chi connectivity index (χ4v) is 0.652.